The average molecular weight is 272 g/mol. The highest BCUT2D eigenvalue weighted by molar-refractivity contribution is 5.78. The highest BCUT2D eigenvalue weighted by Crippen LogP contribution is 2.24. The number of amides is 1. The van der Waals surface area contributed by atoms with Crippen molar-refractivity contribution < 1.29 is 9.90 Å². The molecule has 19 heavy (non-hydrogen) atoms. The van der Waals surface area contributed by atoms with E-state index < -0.39 is 0 Å². The third-order valence-corrected chi connectivity index (χ3v) is 4.22. The van der Waals surface area contributed by atoms with Gasteiger partial charge in [0.15, 0.2) is 0 Å². The van der Waals surface area contributed by atoms with Crippen molar-refractivity contribution >= 4 is 5.91 Å². The Morgan fingerprint density at radius 1 is 1.26 bits per heavy atom. The van der Waals surface area contributed by atoms with E-state index >= 15 is 0 Å². The standard InChI is InChI=1S/C15H32N2O2/c1-5-15(6-2,11-18)10-17-14(19)12(3)8-7-9-13(4)16/h12-13,18H,5-11,16H2,1-4H3,(H,17,19). The molecule has 0 aliphatic heterocycles. The van der Waals surface area contributed by atoms with E-state index in [4.69, 9.17) is 5.73 Å². The molecule has 0 rings (SSSR count). The van der Waals surface area contributed by atoms with Gasteiger partial charge in [0, 0.05) is 23.9 Å². The lowest BCUT2D eigenvalue weighted by molar-refractivity contribution is -0.125. The minimum Gasteiger partial charge on any atom is -0.396 e. The molecule has 0 bridgehead atoms. The number of nitrogens with one attached hydrogen (secondary N) is 1. The van der Waals surface area contributed by atoms with E-state index in [1.165, 1.54) is 0 Å². The van der Waals surface area contributed by atoms with Gasteiger partial charge in [0.1, 0.15) is 0 Å². The summed E-state index contributed by atoms with van der Waals surface area (Å²) in [6.07, 6.45) is 4.57. The van der Waals surface area contributed by atoms with E-state index in [0.717, 1.165) is 32.1 Å². The Balaban J connectivity index is 4.08. The SMILES string of the molecule is CCC(CC)(CO)CNC(=O)C(C)CCCC(C)N. The van der Waals surface area contributed by atoms with Crippen LogP contribution < -0.4 is 11.1 Å². The van der Waals surface area contributed by atoms with Crippen LogP contribution in [0.25, 0.3) is 0 Å². The van der Waals surface area contributed by atoms with Crippen molar-refractivity contribution in [1.82, 2.24) is 5.32 Å². The normalized spacial score (nSPS) is 15.1. The summed E-state index contributed by atoms with van der Waals surface area (Å²) in [7, 11) is 0. The Kier molecular flexibility index (Phi) is 9.02. The maximum atomic E-state index is 12.0. The quantitative estimate of drug-likeness (QED) is 0.570. The predicted molar refractivity (Wildman–Crippen MR) is 79.8 cm³/mol. The maximum absolute atomic E-state index is 12.0. The molecule has 0 aliphatic rings. The van der Waals surface area contributed by atoms with Crippen LogP contribution in [0.3, 0.4) is 0 Å². The lowest BCUT2D eigenvalue weighted by Gasteiger charge is -2.30. The van der Waals surface area contributed by atoms with Crippen LogP contribution in [0, 0.1) is 11.3 Å². The molecule has 4 heteroatoms. The molecule has 0 saturated carbocycles. The van der Waals surface area contributed by atoms with Gasteiger partial charge in [0.2, 0.25) is 5.91 Å². The van der Waals surface area contributed by atoms with Crippen molar-refractivity contribution in [2.45, 2.75) is 65.8 Å². The highest BCUT2D eigenvalue weighted by Gasteiger charge is 2.26. The van der Waals surface area contributed by atoms with Crippen molar-refractivity contribution in [3.8, 4) is 0 Å². The van der Waals surface area contributed by atoms with Crippen LogP contribution in [0.1, 0.15) is 59.8 Å². The van der Waals surface area contributed by atoms with Crippen molar-refractivity contribution in [2.75, 3.05) is 13.2 Å². The van der Waals surface area contributed by atoms with E-state index in [2.05, 4.69) is 19.2 Å². The largest absolute Gasteiger partial charge is 0.396 e. The third-order valence-electron chi connectivity index (χ3n) is 4.22. The minimum atomic E-state index is -0.166. The van der Waals surface area contributed by atoms with Gasteiger partial charge < -0.3 is 16.2 Å². The molecule has 0 aromatic heterocycles. The first-order chi connectivity index (χ1) is 8.90. The first-order valence-corrected chi connectivity index (χ1v) is 7.55. The van der Waals surface area contributed by atoms with Crippen LogP contribution >= 0.6 is 0 Å². The van der Waals surface area contributed by atoms with Crippen molar-refractivity contribution in [3.63, 3.8) is 0 Å². The molecule has 0 aromatic rings. The second kappa shape index (κ2) is 9.32. The highest BCUT2D eigenvalue weighted by atomic mass is 16.3. The molecular formula is C15H32N2O2. The number of nitrogens with two attached hydrogens (primary N) is 1. The van der Waals surface area contributed by atoms with Crippen LogP contribution in [0.2, 0.25) is 0 Å². The Morgan fingerprint density at radius 2 is 1.84 bits per heavy atom. The zero-order chi connectivity index (χ0) is 14.9. The summed E-state index contributed by atoms with van der Waals surface area (Å²) in [6.45, 7) is 8.74. The van der Waals surface area contributed by atoms with Gasteiger partial charge in [-0.3, -0.25) is 4.79 Å². The Bertz CT molecular complexity index is 242. The molecule has 0 heterocycles. The molecule has 0 aromatic carbocycles. The lowest BCUT2D eigenvalue weighted by Crippen LogP contribution is -2.41. The first-order valence-electron chi connectivity index (χ1n) is 7.55. The Labute approximate surface area is 118 Å². The Hall–Kier alpha value is -0.610. The van der Waals surface area contributed by atoms with Gasteiger partial charge in [0.25, 0.3) is 0 Å². The van der Waals surface area contributed by atoms with E-state index in [0.29, 0.717) is 6.54 Å². The summed E-state index contributed by atoms with van der Waals surface area (Å²) < 4.78 is 0. The van der Waals surface area contributed by atoms with Crippen LogP contribution in [-0.4, -0.2) is 30.2 Å². The molecule has 2 unspecified atom stereocenters. The van der Waals surface area contributed by atoms with Crippen LogP contribution in [0.4, 0.5) is 0 Å². The molecule has 1 amide bonds. The molecule has 0 saturated heterocycles. The average Bonchev–Trinajstić information content (AvgIpc) is 2.40. The second-order valence-electron chi connectivity index (χ2n) is 5.89. The third kappa shape index (κ3) is 6.92. The number of rotatable bonds is 10. The zero-order valence-electron chi connectivity index (χ0n) is 13.0. The van der Waals surface area contributed by atoms with Gasteiger partial charge in [0.05, 0.1) is 6.61 Å². The van der Waals surface area contributed by atoms with Crippen molar-refractivity contribution in [3.05, 3.63) is 0 Å². The van der Waals surface area contributed by atoms with Crippen molar-refractivity contribution in [2.24, 2.45) is 17.1 Å². The van der Waals surface area contributed by atoms with Crippen LogP contribution in [-0.2, 0) is 4.79 Å². The van der Waals surface area contributed by atoms with Crippen LogP contribution in [0.15, 0.2) is 0 Å². The van der Waals surface area contributed by atoms with Gasteiger partial charge in [-0.05, 0) is 32.6 Å². The Morgan fingerprint density at radius 3 is 2.26 bits per heavy atom. The number of carbonyl (C=O) groups is 1. The van der Waals surface area contributed by atoms with E-state index in [1.54, 1.807) is 0 Å². The number of carbonyl (C=O) groups excluding carboxylic acids is 1. The second-order valence-corrected chi connectivity index (χ2v) is 5.89. The maximum Gasteiger partial charge on any atom is 0.222 e. The molecular weight excluding hydrogens is 240 g/mol. The van der Waals surface area contributed by atoms with Gasteiger partial charge in [-0.1, -0.05) is 27.2 Å². The summed E-state index contributed by atoms with van der Waals surface area (Å²) in [6, 6.07) is 0.206. The smallest absolute Gasteiger partial charge is 0.222 e. The van der Waals surface area contributed by atoms with Crippen molar-refractivity contribution in [1.29, 1.82) is 0 Å². The predicted octanol–water partition coefficient (Wildman–Crippen LogP) is 2.05. The van der Waals surface area contributed by atoms with E-state index in [9.17, 15) is 9.90 Å². The summed E-state index contributed by atoms with van der Waals surface area (Å²) in [4.78, 5) is 12.0. The fourth-order valence-electron chi connectivity index (χ4n) is 2.11. The fourth-order valence-corrected chi connectivity index (χ4v) is 2.11. The summed E-state index contributed by atoms with van der Waals surface area (Å²) >= 11 is 0. The zero-order valence-corrected chi connectivity index (χ0v) is 13.0. The van der Waals surface area contributed by atoms with E-state index in [1.807, 2.05) is 13.8 Å². The number of aliphatic hydroxyl groups is 1. The molecule has 4 nitrogen and oxygen atoms in total. The van der Waals surface area contributed by atoms with Gasteiger partial charge >= 0.3 is 0 Å². The molecule has 0 spiro atoms. The fraction of sp³-hybridized carbons (Fsp3) is 0.933. The molecule has 4 N–H and O–H groups in total. The van der Waals surface area contributed by atoms with Gasteiger partial charge in [-0.2, -0.15) is 0 Å². The van der Waals surface area contributed by atoms with Gasteiger partial charge in [-0.25, -0.2) is 0 Å². The lowest BCUT2D eigenvalue weighted by atomic mass is 9.83. The monoisotopic (exact) mass is 272 g/mol. The molecule has 114 valence electrons. The molecule has 0 aliphatic carbocycles. The van der Waals surface area contributed by atoms with Gasteiger partial charge in [-0.15, -0.1) is 0 Å². The minimum absolute atomic E-state index is 0.0175. The number of hydrogen-bond donors (Lipinski definition) is 3. The first kappa shape index (κ1) is 18.4. The van der Waals surface area contributed by atoms with Crippen LogP contribution in [0.5, 0.6) is 0 Å². The topological polar surface area (TPSA) is 75.3 Å². The summed E-state index contributed by atoms with van der Waals surface area (Å²) in [5, 5.41) is 12.4. The number of hydrogen-bond acceptors (Lipinski definition) is 3. The molecule has 0 radical (unpaired) electrons. The number of aliphatic hydroxyl groups excluding tert-OH is 1. The summed E-state index contributed by atoms with van der Waals surface area (Å²) in [5.41, 5.74) is 5.53. The molecule has 0 fully saturated rings. The molecule has 2 atom stereocenters. The summed E-state index contributed by atoms with van der Waals surface area (Å²) in [5.74, 6) is 0.105. The van der Waals surface area contributed by atoms with E-state index in [-0.39, 0.29) is 29.9 Å².